The van der Waals surface area contributed by atoms with Gasteiger partial charge in [-0.05, 0) is 18.8 Å². The van der Waals surface area contributed by atoms with E-state index < -0.39 is 18.1 Å². The summed E-state index contributed by atoms with van der Waals surface area (Å²) in [7, 11) is 0. The van der Waals surface area contributed by atoms with Crippen LogP contribution >= 0.6 is 11.8 Å². The quantitative estimate of drug-likeness (QED) is 0.797. The summed E-state index contributed by atoms with van der Waals surface area (Å²) in [6.07, 6.45) is 0.968. The molecule has 0 aromatic carbocycles. The van der Waals surface area contributed by atoms with Gasteiger partial charge in [-0.15, -0.1) is 11.8 Å². The molecular weight excluding hydrogens is 280 g/mol. The highest BCUT2D eigenvalue weighted by Gasteiger charge is 2.44. The third-order valence-electron chi connectivity index (χ3n) is 3.78. The lowest BCUT2D eigenvalue weighted by Gasteiger charge is -2.37. The molecule has 0 saturated carbocycles. The summed E-state index contributed by atoms with van der Waals surface area (Å²) in [5.41, 5.74) is 0. The summed E-state index contributed by atoms with van der Waals surface area (Å²) in [4.78, 5) is 27.1. The van der Waals surface area contributed by atoms with Crippen LogP contribution in [0.4, 0.5) is 4.79 Å². The van der Waals surface area contributed by atoms with Crippen molar-refractivity contribution in [1.29, 1.82) is 0 Å². The Morgan fingerprint density at radius 2 is 2.05 bits per heavy atom. The summed E-state index contributed by atoms with van der Waals surface area (Å²) in [5.74, 6) is -0.324. The lowest BCUT2D eigenvalue weighted by molar-refractivity contribution is -0.141. The Morgan fingerprint density at radius 3 is 2.60 bits per heavy atom. The van der Waals surface area contributed by atoms with Crippen LogP contribution in [0.5, 0.6) is 0 Å². The monoisotopic (exact) mass is 302 g/mol. The molecule has 114 valence electrons. The molecule has 2 rings (SSSR count). The van der Waals surface area contributed by atoms with Gasteiger partial charge in [0.25, 0.3) is 0 Å². The number of carboxylic acid groups (broad SMARTS) is 1. The number of β-amino-alcohol motifs (C(OH)–C–C–N with tert-alkyl or cyclic N) is 1. The van der Waals surface area contributed by atoms with Gasteiger partial charge in [0.1, 0.15) is 6.04 Å². The number of piperidine rings is 1. The minimum Gasteiger partial charge on any atom is -0.480 e. The maximum Gasteiger partial charge on any atom is 0.327 e. The topological polar surface area (TPSA) is 81.1 Å². The number of rotatable bonds is 2. The molecule has 2 aliphatic heterocycles. The van der Waals surface area contributed by atoms with Crippen LogP contribution in [0.2, 0.25) is 0 Å². The van der Waals surface area contributed by atoms with E-state index in [0.717, 1.165) is 6.42 Å². The smallest absolute Gasteiger partial charge is 0.327 e. The van der Waals surface area contributed by atoms with Crippen molar-refractivity contribution in [3.05, 3.63) is 0 Å². The number of aliphatic hydroxyl groups is 1. The number of likely N-dealkylation sites (tertiary alicyclic amines) is 1. The zero-order chi connectivity index (χ0) is 14.9. The number of aliphatic carboxylic acids is 1. The predicted octanol–water partition coefficient (Wildman–Crippen LogP) is 1.05. The summed E-state index contributed by atoms with van der Waals surface area (Å²) in [6.45, 7) is 4.88. The lowest BCUT2D eigenvalue weighted by Crippen LogP contribution is -2.55. The van der Waals surface area contributed by atoms with E-state index in [4.69, 9.17) is 0 Å². The van der Waals surface area contributed by atoms with Gasteiger partial charge in [0.15, 0.2) is 0 Å². The third-order valence-corrected chi connectivity index (χ3v) is 5.40. The molecular formula is C13H22N2O4S. The van der Waals surface area contributed by atoms with Crippen molar-refractivity contribution in [2.45, 2.75) is 44.2 Å². The SMILES string of the molecule is CC(C)C1SCC(C(=O)O)N1C(=O)N1CCCC(O)C1. The van der Waals surface area contributed by atoms with Crippen molar-refractivity contribution in [2.24, 2.45) is 5.92 Å². The van der Waals surface area contributed by atoms with Crippen molar-refractivity contribution in [1.82, 2.24) is 9.80 Å². The zero-order valence-corrected chi connectivity index (χ0v) is 12.7. The van der Waals surface area contributed by atoms with Crippen LogP contribution < -0.4 is 0 Å². The molecule has 6 nitrogen and oxygen atoms in total. The fraction of sp³-hybridized carbons (Fsp3) is 0.846. The highest BCUT2D eigenvalue weighted by atomic mass is 32.2. The van der Waals surface area contributed by atoms with Crippen molar-refractivity contribution in [2.75, 3.05) is 18.8 Å². The standard InChI is InChI=1S/C13H22N2O4S/c1-8(2)11-15(10(7-20-11)12(17)18)13(19)14-5-3-4-9(16)6-14/h8-11,16H,3-7H2,1-2H3,(H,17,18). The number of carbonyl (C=O) groups is 2. The molecule has 3 atom stereocenters. The Kier molecular flexibility index (Phi) is 4.80. The summed E-state index contributed by atoms with van der Waals surface area (Å²) < 4.78 is 0. The molecule has 0 aromatic heterocycles. The molecule has 2 fully saturated rings. The van der Waals surface area contributed by atoms with E-state index in [-0.39, 0.29) is 17.3 Å². The average Bonchev–Trinajstić information content (AvgIpc) is 2.82. The Hall–Kier alpha value is -0.950. The van der Waals surface area contributed by atoms with E-state index in [0.29, 0.717) is 25.3 Å². The summed E-state index contributed by atoms with van der Waals surface area (Å²) >= 11 is 1.52. The molecule has 2 N–H and O–H groups in total. The molecule has 0 aliphatic carbocycles. The molecule has 2 saturated heterocycles. The Morgan fingerprint density at radius 1 is 1.35 bits per heavy atom. The minimum absolute atomic E-state index is 0.109. The minimum atomic E-state index is -0.952. The van der Waals surface area contributed by atoms with E-state index >= 15 is 0 Å². The fourth-order valence-electron chi connectivity index (χ4n) is 2.77. The van der Waals surface area contributed by atoms with E-state index in [1.165, 1.54) is 16.7 Å². The first-order valence-corrected chi connectivity index (χ1v) is 8.06. The highest BCUT2D eigenvalue weighted by molar-refractivity contribution is 8.00. The Balaban J connectivity index is 2.16. The molecule has 0 spiro atoms. The van der Waals surface area contributed by atoms with Crippen molar-refractivity contribution >= 4 is 23.8 Å². The molecule has 0 aromatic rings. The molecule has 2 amide bonds. The van der Waals surface area contributed by atoms with Gasteiger partial charge in [0.2, 0.25) is 0 Å². The van der Waals surface area contributed by atoms with E-state index in [2.05, 4.69) is 0 Å². The lowest BCUT2D eigenvalue weighted by atomic mass is 10.1. The van der Waals surface area contributed by atoms with Crippen molar-refractivity contribution in [3.63, 3.8) is 0 Å². The number of amides is 2. The molecule has 7 heteroatoms. The van der Waals surface area contributed by atoms with Crippen LogP contribution in [-0.2, 0) is 4.79 Å². The first-order chi connectivity index (χ1) is 9.41. The maximum atomic E-state index is 12.6. The first-order valence-electron chi connectivity index (χ1n) is 7.01. The first kappa shape index (κ1) is 15.4. The van der Waals surface area contributed by atoms with Crippen LogP contribution in [0.3, 0.4) is 0 Å². The number of carboxylic acids is 1. The number of hydrogen-bond donors (Lipinski definition) is 2. The third kappa shape index (κ3) is 3.03. The number of urea groups is 1. The van der Waals surface area contributed by atoms with Gasteiger partial charge in [-0.25, -0.2) is 9.59 Å². The van der Waals surface area contributed by atoms with Gasteiger partial charge < -0.3 is 15.1 Å². The summed E-state index contributed by atoms with van der Waals surface area (Å²) in [6, 6.07) is -1.01. The largest absolute Gasteiger partial charge is 0.480 e. The van der Waals surface area contributed by atoms with Crippen molar-refractivity contribution < 1.29 is 19.8 Å². The molecule has 2 heterocycles. The summed E-state index contributed by atoms with van der Waals surface area (Å²) in [5, 5.41) is 18.9. The Labute approximate surface area is 123 Å². The molecule has 20 heavy (non-hydrogen) atoms. The van der Waals surface area contributed by atoms with E-state index in [1.54, 1.807) is 4.90 Å². The molecule has 3 unspecified atom stereocenters. The van der Waals surface area contributed by atoms with Crippen LogP contribution in [0.25, 0.3) is 0 Å². The average molecular weight is 302 g/mol. The number of hydrogen-bond acceptors (Lipinski definition) is 4. The van der Waals surface area contributed by atoms with Crippen LogP contribution in [0, 0.1) is 5.92 Å². The fourth-order valence-corrected chi connectivity index (χ4v) is 4.23. The number of carbonyl (C=O) groups excluding carboxylic acids is 1. The number of nitrogens with zero attached hydrogens (tertiary/aromatic N) is 2. The molecule has 0 radical (unpaired) electrons. The maximum absolute atomic E-state index is 12.6. The van der Waals surface area contributed by atoms with Crippen LogP contribution in [0.15, 0.2) is 0 Å². The van der Waals surface area contributed by atoms with Gasteiger partial charge in [-0.1, -0.05) is 13.8 Å². The van der Waals surface area contributed by atoms with Gasteiger partial charge in [0, 0.05) is 18.8 Å². The second-order valence-electron chi connectivity index (χ2n) is 5.75. The van der Waals surface area contributed by atoms with Gasteiger partial charge >= 0.3 is 12.0 Å². The Bertz CT molecular complexity index is 391. The van der Waals surface area contributed by atoms with E-state index in [1.807, 2.05) is 13.8 Å². The molecule has 2 aliphatic rings. The highest BCUT2D eigenvalue weighted by Crippen LogP contribution is 2.35. The van der Waals surface area contributed by atoms with E-state index in [9.17, 15) is 19.8 Å². The van der Waals surface area contributed by atoms with Crippen molar-refractivity contribution in [3.8, 4) is 0 Å². The second kappa shape index (κ2) is 6.22. The van der Waals surface area contributed by atoms with Gasteiger partial charge in [0.05, 0.1) is 11.5 Å². The zero-order valence-electron chi connectivity index (χ0n) is 11.9. The van der Waals surface area contributed by atoms with Crippen LogP contribution in [0.1, 0.15) is 26.7 Å². The van der Waals surface area contributed by atoms with Gasteiger partial charge in [-0.2, -0.15) is 0 Å². The predicted molar refractivity (Wildman–Crippen MR) is 76.6 cm³/mol. The number of aliphatic hydroxyl groups excluding tert-OH is 1. The second-order valence-corrected chi connectivity index (χ2v) is 6.90. The normalized spacial score (nSPS) is 30.9. The molecule has 0 bridgehead atoms. The van der Waals surface area contributed by atoms with Crippen LogP contribution in [-0.4, -0.2) is 68.4 Å². The number of thioether (sulfide) groups is 1. The van der Waals surface area contributed by atoms with Gasteiger partial charge in [-0.3, -0.25) is 4.90 Å².